The van der Waals surface area contributed by atoms with Crippen LogP contribution in [-0.2, 0) is 0 Å². The molecule has 0 saturated heterocycles. The number of nitro groups is 1. The third-order valence-electron chi connectivity index (χ3n) is 2.55. The van der Waals surface area contributed by atoms with Gasteiger partial charge in [-0.05, 0) is 18.6 Å². The lowest BCUT2D eigenvalue weighted by Crippen LogP contribution is -2.23. The van der Waals surface area contributed by atoms with E-state index >= 15 is 0 Å². The van der Waals surface area contributed by atoms with Crippen molar-refractivity contribution >= 4 is 17.3 Å². The van der Waals surface area contributed by atoms with Gasteiger partial charge in [0.15, 0.2) is 0 Å². The van der Waals surface area contributed by atoms with Crippen molar-refractivity contribution in [1.82, 2.24) is 0 Å². The predicted molar refractivity (Wildman–Crippen MR) is 66.4 cm³/mol. The fourth-order valence-electron chi connectivity index (χ4n) is 1.46. The Morgan fingerprint density at radius 1 is 1.61 bits per heavy atom. The number of hydrogen-bond acceptors (Lipinski definition) is 5. The van der Waals surface area contributed by atoms with Crippen LogP contribution < -0.4 is 11.1 Å². The van der Waals surface area contributed by atoms with E-state index in [-0.39, 0.29) is 29.6 Å². The molecule has 7 heteroatoms. The molecular formula is C11H15N3O4. The summed E-state index contributed by atoms with van der Waals surface area (Å²) in [6.07, 6.45) is 0.592. The average molecular weight is 253 g/mol. The van der Waals surface area contributed by atoms with Gasteiger partial charge < -0.3 is 16.2 Å². The average Bonchev–Trinajstić information content (AvgIpc) is 2.35. The molecule has 1 amide bonds. The Bertz CT molecular complexity index is 458. The van der Waals surface area contributed by atoms with Crippen LogP contribution in [0.5, 0.6) is 0 Å². The molecule has 0 aliphatic carbocycles. The number of nitro benzene ring substituents is 1. The van der Waals surface area contributed by atoms with E-state index in [0.717, 1.165) is 0 Å². The lowest BCUT2D eigenvalue weighted by molar-refractivity contribution is -0.384. The molecule has 0 spiro atoms. The second kappa shape index (κ2) is 5.97. The third-order valence-corrected chi connectivity index (χ3v) is 2.55. The van der Waals surface area contributed by atoms with E-state index in [1.807, 2.05) is 6.92 Å². The molecule has 1 unspecified atom stereocenters. The molecule has 0 bridgehead atoms. The first-order valence-corrected chi connectivity index (χ1v) is 5.45. The summed E-state index contributed by atoms with van der Waals surface area (Å²) in [5.41, 5.74) is 5.31. The molecule has 0 heterocycles. The zero-order valence-corrected chi connectivity index (χ0v) is 9.92. The van der Waals surface area contributed by atoms with Crippen molar-refractivity contribution in [2.45, 2.75) is 19.4 Å². The van der Waals surface area contributed by atoms with Gasteiger partial charge in [-0.3, -0.25) is 14.9 Å². The minimum absolute atomic E-state index is 0.158. The van der Waals surface area contributed by atoms with Crippen LogP contribution in [0.3, 0.4) is 0 Å². The Morgan fingerprint density at radius 2 is 2.28 bits per heavy atom. The molecule has 1 aromatic rings. The van der Waals surface area contributed by atoms with E-state index in [2.05, 4.69) is 5.32 Å². The van der Waals surface area contributed by atoms with E-state index in [9.17, 15) is 14.9 Å². The summed E-state index contributed by atoms with van der Waals surface area (Å²) >= 11 is 0. The summed E-state index contributed by atoms with van der Waals surface area (Å²) < 4.78 is 0. The molecule has 1 aromatic carbocycles. The first-order chi connectivity index (χ1) is 8.49. The standard InChI is InChI=1S/C11H15N3O4/c1-2-8(6-15)13-9-5-7(11(12)16)3-4-10(9)14(17)18/h3-5,8,13,15H,2,6H2,1H3,(H2,12,16). The van der Waals surface area contributed by atoms with Crippen molar-refractivity contribution in [3.63, 3.8) is 0 Å². The first-order valence-electron chi connectivity index (χ1n) is 5.45. The number of primary amides is 1. The van der Waals surface area contributed by atoms with Crippen molar-refractivity contribution in [3.8, 4) is 0 Å². The number of carbonyl (C=O) groups is 1. The quantitative estimate of drug-likeness (QED) is 0.513. The number of rotatable bonds is 6. The molecule has 1 atom stereocenters. The monoisotopic (exact) mass is 253 g/mol. The minimum atomic E-state index is -0.662. The summed E-state index contributed by atoms with van der Waals surface area (Å²) in [6.45, 7) is 1.67. The maximum atomic E-state index is 11.0. The normalized spacial score (nSPS) is 11.9. The number of anilines is 1. The molecule has 4 N–H and O–H groups in total. The highest BCUT2D eigenvalue weighted by atomic mass is 16.6. The van der Waals surface area contributed by atoms with Crippen molar-refractivity contribution in [2.24, 2.45) is 5.73 Å². The van der Waals surface area contributed by atoms with Crippen molar-refractivity contribution in [1.29, 1.82) is 0 Å². The number of amides is 1. The highest BCUT2D eigenvalue weighted by Gasteiger charge is 2.17. The zero-order valence-electron chi connectivity index (χ0n) is 9.92. The molecular weight excluding hydrogens is 238 g/mol. The Labute approximate surface area is 104 Å². The van der Waals surface area contributed by atoms with Gasteiger partial charge in [0.1, 0.15) is 5.69 Å². The van der Waals surface area contributed by atoms with Gasteiger partial charge in [-0.25, -0.2) is 0 Å². The van der Waals surface area contributed by atoms with E-state index < -0.39 is 10.8 Å². The molecule has 0 fully saturated rings. The van der Waals surface area contributed by atoms with Crippen LogP contribution >= 0.6 is 0 Å². The van der Waals surface area contributed by atoms with Crippen LogP contribution in [0.4, 0.5) is 11.4 Å². The first kappa shape index (κ1) is 13.9. The highest BCUT2D eigenvalue weighted by molar-refractivity contribution is 5.94. The molecule has 0 aliphatic heterocycles. The molecule has 0 aromatic heterocycles. The van der Waals surface area contributed by atoms with Gasteiger partial charge in [0.05, 0.1) is 11.5 Å². The topological polar surface area (TPSA) is 118 Å². The molecule has 1 rings (SSSR count). The van der Waals surface area contributed by atoms with Gasteiger partial charge in [0.25, 0.3) is 5.69 Å². The molecule has 0 aliphatic rings. The van der Waals surface area contributed by atoms with Gasteiger partial charge in [-0.1, -0.05) is 6.92 Å². The van der Waals surface area contributed by atoms with Gasteiger partial charge in [-0.2, -0.15) is 0 Å². The van der Waals surface area contributed by atoms with E-state index in [1.165, 1.54) is 18.2 Å². The van der Waals surface area contributed by atoms with Gasteiger partial charge >= 0.3 is 0 Å². The predicted octanol–water partition coefficient (Wildman–Crippen LogP) is 0.876. The summed E-state index contributed by atoms with van der Waals surface area (Å²) in [4.78, 5) is 21.3. The van der Waals surface area contributed by atoms with Crippen LogP contribution in [0.25, 0.3) is 0 Å². The number of benzene rings is 1. The van der Waals surface area contributed by atoms with E-state index in [4.69, 9.17) is 10.8 Å². The largest absolute Gasteiger partial charge is 0.394 e. The van der Waals surface area contributed by atoms with Crippen LogP contribution in [0.2, 0.25) is 0 Å². The van der Waals surface area contributed by atoms with E-state index in [0.29, 0.717) is 6.42 Å². The van der Waals surface area contributed by atoms with Crippen LogP contribution in [-0.4, -0.2) is 28.6 Å². The zero-order chi connectivity index (χ0) is 13.7. The molecule has 18 heavy (non-hydrogen) atoms. The summed E-state index contributed by atoms with van der Waals surface area (Å²) in [7, 11) is 0. The molecule has 98 valence electrons. The summed E-state index contributed by atoms with van der Waals surface area (Å²) in [6, 6.07) is 3.52. The second-order valence-electron chi connectivity index (χ2n) is 3.79. The molecule has 7 nitrogen and oxygen atoms in total. The Kier molecular flexibility index (Phi) is 4.61. The van der Waals surface area contributed by atoms with Gasteiger partial charge in [0.2, 0.25) is 5.91 Å². The number of aliphatic hydroxyl groups is 1. The van der Waals surface area contributed by atoms with Crippen molar-refractivity contribution < 1.29 is 14.8 Å². The lowest BCUT2D eigenvalue weighted by Gasteiger charge is -2.15. The Morgan fingerprint density at radius 3 is 2.72 bits per heavy atom. The SMILES string of the molecule is CCC(CO)Nc1cc(C(N)=O)ccc1[N+](=O)[O-]. The van der Waals surface area contributed by atoms with Crippen molar-refractivity contribution in [3.05, 3.63) is 33.9 Å². The second-order valence-corrected chi connectivity index (χ2v) is 3.79. The number of carbonyl (C=O) groups excluding carboxylic acids is 1. The maximum absolute atomic E-state index is 11.0. The maximum Gasteiger partial charge on any atom is 0.292 e. The number of nitrogens with one attached hydrogen (secondary N) is 1. The fraction of sp³-hybridized carbons (Fsp3) is 0.364. The van der Waals surface area contributed by atoms with Gasteiger partial charge in [-0.15, -0.1) is 0 Å². The number of aliphatic hydroxyl groups excluding tert-OH is 1. The number of nitrogens with two attached hydrogens (primary N) is 1. The van der Waals surface area contributed by atoms with Crippen molar-refractivity contribution in [2.75, 3.05) is 11.9 Å². The minimum Gasteiger partial charge on any atom is -0.394 e. The van der Waals surface area contributed by atoms with Crippen LogP contribution in [0, 0.1) is 10.1 Å². The Balaban J connectivity index is 3.14. The van der Waals surface area contributed by atoms with E-state index in [1.54, 1.807) is 0 Å². The smallest absolute Gasteiger partial charge is 0.292 e. The summed E-state index contributed by atoms with van der Waals surface area (Å²) in [5.74, 6) is -0.662. The molecule has 0 radical (unpaired) electrons. The van der Waals surface area contributed by atoms with Gasteiger partial charge in [0, 0.05) is 17.7 Å². The lowest BCUT2D eigenvalue weighted by atomic mass is 10.1. The van der Waals surface area contributed by atoms with Crippen LogP contribution in [0.1, 0.15) is 23.7 Å². The highest BCUT2D eigenvalue weighted by Crippen LogP contribution is 2.26. The molecule has 0 saturated carbocycles. The number of hydrogen-bond donors (Lipinski definition) is 3. The fourth-order valence-corrected chi connectivity index (χ4v) is 1.46. The number of nitrogens with zero attached hydrogens (tertiary/aromatic N) is 1. The summed E-state index contributed by atoms with van der Waals surface area (Å²) in [5, 5.41) is 22.7. The third kappa shape index (κ3) is 3.17. The Hall–Kier alpha value is -2.15. The van der Waals surface area contributed by atoms with Crippen LogP contribution in [0.15, 0.2) is 18.2 Å².